The predicted octanol–water partition coefficient (Wildman–Crippen LogP) is 1.26. The predicted molar refractivity (Wildman–Crippen MR) is 68.9 cm³/mol. The minimum absolute atomic E-state index is 0.164. The lowest BCUT2D eigenvalue weighted by Crippen LogP contribution is -2.56. The third-order valence-electron chi connectivity index (χ3n) is 3.66. The van der Waals surface area contributed by atoms with Crippen LogP contribution in [0.4, 0.5) is 0 Å². The highest BCUT2D eigenvalue weighted by molar-refractivity contribution is 5.80. The monoisotopic (exact) mass is 242 g/mol. The average molecular weight is 242 g/mol. The number of nitrogens with one attached hydrogen (secondary N) is 1. The van der Waals surface area contributed by atoms with E-state index in [-0.39, 0.29) is 5.97 Å². The first-order valence-electron chi connectivity index (χ1n) is 6.56. The first-order chi connectivity index (χ1) is 8.01. The van der Waals surface area contributed by atoms with Crippen molar-refractivity contribution in [1.82, 2.24) is 10.2 Å². The maximum absolute atomic E-state index is 11.9. The van der Waals surface area contributed by atoms with Gasteiger partial charge in [-0.1, -0.05) is 6.42 Å². The molecular formula is C13H26N2O2. The molecular weight excluding hydrogens is 216 g/mol. The Hall–Kier alpha value is -0.610. The fraction of sp³-hybridized carbons (Fsp3) is 0.923. The minimum atomic E-state index is -0.603. The van der Waals surface area contributed by atoms with E-state index < -0.39 is 5.54 Å². The third-order valence-corrected chi connectivity index (χ3v) is 3.66. The Morgan fingerprint density at radius 3 is 2.59 bits per heavy atom. The molecule has 0 amide bonds. The fourth-order valence-corrected chi connectivity index (χ4v) is 2.26. The first kappa shape index (κ1) is 14.5. The summed E-state index contributed by atoms with van der Waals surface area (Å²) in [4.78, 5) is 14.1. The molecule has 0 radical (unpaired) electrons. The molecule has 0 heterocycles. The molecule has 1 aliphatic rings. The van der Waals surface area contributed by atoms with Crippen LogP contribution >= 0.6 is 0 Å². The molecule has 0 aromatic carbocycles. The second-order valence-corrected chi connectivity index (χ2v) is 5.30. The van der Waals surface area contributed by atoms with E-state index in [0.717, 1.165) is 12.5 Å². The molecule has 1 N–H and O–H groups in total. The Balaban J connectivity index is 2.45. The largest absolute Gasteiger partial charge is 0.465 e. The number of esters is 1. The average Bonchev–Trinajstić information content (AvgIpc) is 2.23. The van der Waals surface area contributed by atoms with Crippen molar-refractivity contribution in [2.45, 2.75) is 38.6 Å². The van der Waals surface area contributed by atoms with Gasteiger partial charge >= 0.3 is 5.97 Å². The summed E-state index contributed by atoms with van der Waals surface area (Å²) in [7, 11) is 3.89. The molecule has 100 valence electrons. The lowest BCUT2D eigenvalue weighted by molar-refractivity contribution is -0.151. The van der Waals surface area contributed by atoms with Crippen molar-refractivity contribution in [3.63, 3.8) is 0 Å². The van der Waals surface area contributed by atoms with Crippen LogP contribution in [0.5, 0.6) is 0 Å². The Kier molecular flexibility index (Phi) is 5.40. The van der Waals surface area contributed by atoms with E-state index in [1.54, 1.807) is 0 Å². The van der Waals surface area contributed by atoms with Gasteiger partial charge in [0.15, 0.2) is 0 Å². The number of likely N-dealkylation sites (N-methyl/N-ethyl adjacent to an activating group) is 2. The molecule has 1 saturated carbocycles. The normalized spacial score (nSPS) is 19.8. The molecule has 4 heteroatoms. The molecule has 0 aliphatic heterocycles. The standard InChI is InChI=1S/C13H26N2O2/c1-5-17-12(16)13(2,14-3)10-15(4)9-11-7-6-8-11/h11,14H,5-10H2,1-4H3. The summed E-state index contributed by atoms with van der Waals surface area (Å²) in [6, 6.07) is 0. The van der Waals surface area contributed by atoms with Gasteiger partial charge in [-0.3, -0.25) is 4.79 Å². The molecule has 1 aliphatic carbocycles. The van der Waals surface area contributed by atoms with Gasteiger partial charge < -0.3 is 15.0 Å². The molecule has 0 spiro atoms. The highest BCUT2D eigenvalue weighted by atomic mass is 16.5. The van der Waals surface area contributed by atoms with Crippen molar-refractivity contribution in [3.8, 4) is 0 Å². The van der Waals surface area contributed by atoms with Gasteiger partial charge in [0.1, 0.15) is 5.54 Å². The maximum Gasteiger partial charge on any atom is 0.327 e. The smallest absolute Gasteiger partial charge is 0.327 e. The molecule has 0 bridgehead atoms. The van der Waals surface area contributed by atoms with Crippen LogP contribution in [0.2, 0.25) is 0 Å². The Labute approximate surface area is 105 Å². The van der Waals surface area contributed by atoms with Gasteiger partial charge in [0, 0.05) is 13.1 Å². The van der Waals surface area contributed by atoms with Gasteiger partial charge in [-0.25, -0.2) is 0 Å². The van der Waals surface area contributed by atoms with E-state index in [0.29, 0.717) is 13.2 Å². The van der Waals surface area contributed by atoms with E-state index in [1.165, 1.54) is 19.3 Å². The third kappa shape index (κ3) is 3.96. The van der Waals surface area contributed by atoms with Gasteiger partial charge in [0.2, 0.25) is 0 Å². The molecule has 4 nitrogen and oxygen atoms in total. The summed E-state index contributed by atoms with van der Waals surface area (Å²) in [6.07, 6.45) is 4.03. The highest BCUT2D eigenvalue weighted by Gasteiger charge is 2.34. The molecule has 17 heavy (non-hydrogen) atoms. The van der Waals surface area contributed by atoms with Crippen molar-refractivity contribution in [2.24, 2.45) is 5.92 Å². The summed E-state index contributed by atoms with van der Waals surface area (Å²) in [5.41, 5.74) is -0.603. The number of hydrogen-bond donors (Lipinski definition) is 1. The van der Waals surface area contributed by atoms with Crippen LogP contribution in [0.25, 0.3) is 0 Å². The van der Waals surface area contributed by atoms with E-state index in [2.05, 4.69) is 17.3 Å². The lowest BCUT2D eigenvalue weighted by Gasteiger charge is -2.35. The second kappa shape index (κ2) is 6.36. The van der Waals surface area contributed by atoms with Crippen LogP contribution in [0.3, 0.4) is 0 Å². The number of nitrogens with zero attached hydrogens (tertiary/aromatic N) is 1. The zero-order valence-corrected chi connectivity index (χ0v) is 11.6. The molecule has 1 atom stereocenters. The second-order valence-electron chi connectivity index (χ2n) is 5.30. The van der Waals surface area contributed by atoms with Crippen molar-refractivity contribution in [1.29, 1.82) is 0 Å². The molecule has 0 aromatic heterocycles. The quantitative estimate of drug-likeness (QED) is 0.682. The van der Waals surface area contributed by atoms with Gasteiger partial charge in [-0.15, -0.1) is 0 Å². The summed E-state index contributed by atoms with van der Waals surface area (Å²) >= 11 is 0. The topological polar surface area (TPSA) is 41.6 Å². The first-order valence-corrected chi connectivity index (χ1v) is 6.56. The molecule has 1 fully saturated rings. The van der Waals surface area contributed by atoms with Crippen LogP contribution in [0.1, 0.15) is 33.1 Å². The Bertz CT molecular complexity index is 254. The van der Waals surface area contributed by atoms with Gasteiger partial charge in [-0.05, 0) is 46.7 Å². The zero-order valence-electron chi connectivity index (χ0n) is 11.6. The summed E-state index contributed by atoms with van der Waals surface area (Å²) < 4.78 is 5.12. The van der Waals surface area contributed by atoms with Gasteiger partial charge in [0.25, 0.3) is 0 Å². The minimum Gasteiger partial charge on any atom is -0.465 e. The number of carbonyl (C=O) groups is 1. The number of hydrogen-bond acceptors (Lipinski definition) is 4. The van der Waals surface area contributed by atoms with Crippen molar-refractivity contribution in [3.05, 3.63) is 0 Å². The number of ether oxygens (including phenoxy) is 1. The summed E-state index contributed by atoms with van der Waals surface area (Å²) in [6.45, 7) is 5.95. The Morgan fingerprint density at radius 2 is 2.18 bits per heavy atom. The summed E-state index contributed by atoms with van der Waals surface area (Å²) in [5, 5.41) is 3.09. The van der Waals surface area contributed by atoms with E-state index in [9.17, 15) is 4.79 Å². The van der Waals surface area contributed by atoms with E-state index in [4.69, 9.17) is 4.74 Å². The summed E-state index contributed by atoms with van der Waals surface area (Å²) in [5.74, 6) is 0.659. The van der Waals surface area contributed by atoms with Crippen molar-refractivity contribution >= 4 is 5.97 Å². The van der Waals surface area contributed by atoms with Gasteiger partial charge in [0.05, 0.1) is 6.61 Å². The lowest BCUT2D eigenvalue weighted by atomic mass is 9.85. The molecule has 1 rings (SSSR count). The van der Waals surface area contributed by atoms with Crippen LogP contribution in [0.15, 0.2) is 0 Å². The van der Waals surface area contributed by atoms with Gasteiger partial charge in [-0.2, -0.15) is 0 Å². The SMILES string of the molecule is CCOC(=O)C(C)(CN(C)CC1CCC1)NC. The zero-order chi connectivity index (χ0) is 12.9. The highest BCUT2D eigenvalue weighted by Crippen LogP contribution is 2.27. The van der Waals surface area contributed by atoms with Crippen molar-refractivity contribution in [2.75, 3.05) is 33.8 Å². The van der Waals surface area contributed by atoms with E-state index in [1.807, 2.05) is 20.9 Å². The maximum atomic E-state index is 11.9. The molecule has 0 saturated heterocycles. The molecule has 1 unspecified atom stereocenters. The molecule has 0 aromatic rings. The van der Waals surface area contributed by atoms with Crippen LogP contribution in [0, 0.1) is 5.92 Å². The van der Waals surface area contributed by atoms with Crippen LogP contribution in [-0.2, 0) is 9.53 Å². The van der Waals surface area contributed by atoms with Crippen LogP contribution in [-0.4, -0.2) is 50.2 Å². The van der Waals surface area contributed by atoms with Crippen molar-refractivity contribution < 1.29 is 9.53 Å². The number of rotatable bonds is 7. The number of carbonyl (C=O) groups excluding carboxylic acids is 1. The fourth-order valence-electron chi connectivity index (χ4n) is 2.26. The van der Waals surface area contributed by atoms with Crippen LogP contribution < -0.4 is 5.32 Å². The van der Waals surface area contributed by atoms with E-state index >= 15 is 0 Å². The Morgan fingerprint density at radius 1 is 1.53 bits per heavy atom.